The molecule has 19 heavy (non-hydrogen) atoms. The lowest BCUT2D eigenvalue weighted by Gasteiger charge is -2.24. The smallest absolute Gasteiger partial charge is 0.305 e. The number of aliphatic carboxylic acids is 1. The number of carboxylic acids is 1. The molecule has 0 spiro atoms. The molecule has 0 aliphatic rings. The highest BCUT2D eigenvalue weighted by Crippen LogP contribution is 2.23. The SMILES string of the molecule is COc1ccc(O)c(C(=O)NC(C)(C)CC(=O)O)c1. The van der Waals surface area contributed by atoms with Gasteiger partial charge in [-0.2, -0.15) is 0 Å². The maximum Gasteiger partial charge on any atom is 0.305 e. The summed E-state index contributed by atoms with van der Waals surface area (Å²) in [5.74, 6) is -1.33. The van der Waals surface area contributed by atoms with Crippen LogP contribution in [-0.4, -0.2) is 34.7 Å². The van der Waals surface area contributed by atoms with Gasteiger partial charge in [-0.3, -0.25) is 9.59 Å². The standard InChI is InChI=1S/C13H17NO5/c1-13(2,7-11(16)17)14-12(18)9-6-8(19-3)4-5-10(9)15/h4-6,15H,7H2,1-3H3,(H,14,18)(H,16,17). The zero-order valence-corrected chi connectivity index (χ0v) is 11.1. The molecule has 0 radical (unpaired) electrons. The molecule has 0 heterocycles. The molecule has 3 N–H and O–H groups in total. The average molecular weight is 267 g/mol. The molecule has 1 aromatic rings. The van der Waals surface area contributed by atoms with E-state index in [0.717, 1.165) is 0 Å². The second kappa shape index (κ2) is 5.60. The molecule has 0 saturated heterocycles. The Kier molecular flexibility index (Phi) is 4.37. The van der Waals surface area contributed by atoms with Gasteiger partial charge >= 0.3 is 5.97 Å². The lowest BCUT2D eigenvalue weighted by Crippen LogP contribution is -2.44. The highest BCUT2D eigenvalue weighted by atomic mass is 16.5. The number of hydrogen-bond acceptors (Lipinski definition) is 4. The molecule has 0 atom stereocenters. The second-order valence-corrected chi connectivity index (χ2v) is 4.79. The van der Waals surface area contributed by atoms with Crippen molar-refractivity contribution >= 4 is 11.9 Å². The summed E-state index contributed by atoms with van der Waals surface area (Å²) in [6, 6.07) is 4.26. The van der Waals surface area contributed by atoms with E-state index < -0.39 is 17.4 Å². The van der Waals surface area contributed by atoms with Crippen molar-refractivity contribution < 1.29 is 24.5 Å². The minimum absolute atomic E-state index is 0.0396. The molecular formula is C13H17NO5. The molecule has 6 heteroatoms. The Bertz CT molecular complexity index is 496. The number of nitrogens with one attached hydrogen (secondary N) is 1. The number of phenolic OH excluding ortho intramolecular Hbond substituents is 1. The number of carbonyl (C=O) groups is 2. The summed E-state index contributed by atoms with van der Waals surface area (Å²) in [6.45, 7) is 3.19. The summed E-state index contributed by atoms with van der Waals surface area (Å²) < 4.78 is 4.97. The van der Waals surface area contributed by atoms with Gasteiger partial charge in [0, 0.05) is 5.54 Å². The van der Waals surface area contributed by atoms with Gasteiger partial charge in [-0.15, -0.1) is 0 Å². The Morgan fingerprint density at radius 3 is 2.53 bits per heavy atom. The van der Waals surface area contributed by atoms with Gasteiger partial charge in [-0.05, 0) is 32.0 Å². The van der Waals surface area contributed by atoms with Crippen molar-refractivity contribution in [3.05, 3.63) is 23.8 Å². The van der Waals surface area contributed by atoms with Crippen LogP contribution in [0.25, 0.3) is 0 Å². The molecule has 0 unspecified atom stereocenters. The van der Waals surface area contributed by atoms with E-state index in [-0.39, 0.29) is 17.7 Å². The summed E-state index contributed by atoms with van der Waals surface area (Å²) in [4.78, 5) is 22.7. The lowest BCUT2D eigenvalue weighted by atomic mass is 10.00. The van der Waals surface area contributed by atoms with Crippen LogP contribution in [0.2, 0.25) is 0 Å². The van der Waals surface area contributed by atoms with Gasteiger partial charge in [0.25, 0.3) is 5.91 Å². The molecule has 1 rings (SSSR count). The maximum absolute atomic E-state index is 12.0. The summed E-state index contributed by atoms with van der Waals surface area (Å²) in [5.41, 5.74) is -0.879. The predicted molar refractivity (Wildman–Crippen MR) is 68.5 cm³/mol. The number of phenols is 1. The predicted octanol–water partition coefficient (Wildman–Crippen LogP) is 1.38. The zero-order chi connectivity index (χ0) is 14.6. The monoisotopic (exact) mass is 267 g/mol. The molecule has 0 aliphatic carbocycles. The number of benzene rings is 1. The molecule has 6 nitrogen and oxygen atoms in total. The summed E-state index contributed by atoms with van der Waals surface area (Å²) in [7, 11) is 1.45. The fourth-order valence-electron chi connectivity index (χ4n) is 1.62. The van der Waals surface area contributed by atoms with Gasteiger partial charge in [0.2, 0.25) is 0 Å². The Morgan fingerprint density at radius 2 is 2.00 bits per heavy atom. The van der Waals surface area contributed by atoms with Crippen LogP contribution in [0.4, 0.5) is 0 Å². The Hall–Kier alpha value is -2.24. The van der Waals surface area contributed by atoms with E-state index in [2.05, 4.69) is 5.32 Å². The van der Waals surface area contributed by atoms with Crippen molar-refractivity contribution in [2.45, 2.75) is 25.8 Å². The topological polar surface area (TPSA) is 95.9 Å². The zero-order valence-electron chi connectivity index (χ0n) is 11.1. The first-order valence-electron chi connectivity index (χ1n) is 5.66. The average Bonchev–Trinajstić information content (AvgIpc) is 2.26. The van der Waals surface area contributed by atoms with Gasteiger partial charge in [0.05, 0.1) is 19.1 Å². The van der Waals surface area contributed by atoms with E-state index in [9.17, 15) is 14.7 Å². The number of ether oxygens (including phenoxy) is 1. The molecule has 0 bridgehead atoms. The molecule has 1 amide bonds. The second-order valence-electron chi connectivity index (χ2n) is 4.79. The van der Waals surface area contributed by atoms with Crippen LogP contribution in [0.15, 0.2) is 18.2 Å². The van der Waals surface area contributed by atoms with Gasteiger partial charge in [-0.25, -0.2) is 0 Å². The summed E-state index contributed by atoms with van der Waals surface area (Å²) >= 11 is 0. The number of amides is 1. The first-order chi connectivity index (χ1) is 8.75. The third-order valence-electron chi connectivity index (χ3n) is 2.49. The minimum Gasteiger partial charge on any atom is -0.507 e. The third-order valence-corrected chi connectivity index (χ3v) is 2.49. The fourth-order valence-corrected chi connectivity index (χ4v) is 1.62. The van der Waals surface area contributed by atoms with Crippen molar-refractivity contribution in [1.82, 2.24) is 5.32 Å². The van der Waals surface area contributed by atoms with Crippen molar-refractivity contribution in [3.8, 4) is 11.5 Å². The van der Waals surface area contributed by atoms with Crippen LogP contribution in [0, 0.1) is 0 Å². The molecule has 1 aromatic carbocycles. The quantitative estimate of drug-likeness (QED) is 0.749. The molecule has 0 saturated carbocycles. The van der Waals surface area contributed by atoms with Crippen LogP contribution in [0.1, 0.15) is 30.6 Å². The van der Waals surface area contributed by atoms with E-state index >= 15 is 0 Å². The minimum atomic E-state index is -1.01. The molecule has 0 aromatic heterocycles. The Labute approximate surface area is 111 Å². The van der Waals surface area contributed by atoms with Crippen LogP contribution in [0.3, 0.4) is 0 Å². The van der Waals surface area contributed by atoms with E-state index in [4.69, 9.17) is 9.84 Å². The van der Waals surface area contributed by atoms with Crippen molar-refractivity contribution in [3.63, 3.8) is 0 Å². The van der Waals surface area contributed by atoms with Crippen molar-refractivity contribution in [1.29, 1.82) is 0 Å². The molecule has 104 valence electrons. The third kappa shape index (κ3) is 4.17. The molecule has 0 aliphatic heterocycles. The van der Waals surface area contributed by atoms with E-state index in [1.54, 1.807) is 13.8 Å². The summed E-state index contributed by atoms with van der Waals surface area (Å²) in [5, 5.41) is 21.0. The normalized spacial score (nSPS) is 10.9. The van der Waals surface area contributed by atoms with Crippen LogP contribution >= 0.6 is 0 Å². The van der Waals surface area contributed by atoms with E-state index in [1.165, 1.54) is 25.3 Å². The molecular weight excluding hydrogens is 250 g/mol. The number of carboxylic acid groups (broad SMARTS) is 1. The van der Waals surface area contributed by atoms with Crippen LogP contribution in [0.5, 0.6) is 11.5 Å². The number of carbonyl (C=O) groups excluding carboxylic acids is 1. The highest BCUT2D eigenvalue weighted by molar-refractivity contribution is 5.97. The number of hydrogen-bond donors (Lipinski definition) is 3. The van der Waals surface area contributed by atoms with Crippen LogP contribution in [-0.2, 0) is 4.79 Å². The Morgan fingerprint density at radius 1 is 1.37 bits per heavy atom. The highest BCUT2D eigenvalue weighted by Gasteiger charge is 2.25. The molecule has 0 fully saturated rings. The van der Waals surface area contributed by atoms with Gasteiger partial charge < -0.3 is 20.3 Å². The largest absolute Gasteiger partial charge is 0.507 e. The number of rotatable bonds is 5. The van der Waals surface area contributed by atoms with Gasteiger partial charge in [0.15, 0.2) is 0 Å². The van der Waals surface area contributed by atoms with Crippen molar-refractivity contribution in [2.24, 2.45) is 0 Å². The van der Waals surface area contributed by atoms with Gasteiger partial charge in [-0.1, -0.05) is 0 Å². The van der Waals surface area contributed by atoms with Gasteiger partial charge in [0.1, 0.15) is 11.5 Å². The first kappa shape index (κ1) is 14.8. The van der Waals surface area contributed by atoms with E-state index in [1.807, 2.05) is 0 Å². The summed E-state index contributed by atoms with van der Waals surface area (Å²) in [6.07, 6.45) is -0.219. The number of methoxy groups -OCH3 is 1. The van der Waals surface area contributed by atoms with Crippen LogP contribution < -0.4 is 10.1 Å². The van der Waals surface area contributed by atoms with E-state index in [0.29, 0.717) is 5.75 Å². The lowest BCUT2D eigenvalue weighted by molar-refractivity contribution is -0.138. The maximum atomic E-state index is 12.0. The van der Waals surface area contributed by atoms with Crippen molar-refractivity contribution in [2.75, 3.05) is 7.11 Å². The Balaban J connectivity index is 2.92. The number of aromatic hydroxyl groups is 1. The first-order valence-corrected chi connectivity index (χ1v) is 5.66. The fraction of sp³-hybridized carbons (Fsp3) is 0.385.